The highest BCUT2D eigenvalue weighted by Gasteiger charge is 2.19. The molecule has 0 aromatic heterocycles. The molecule has 0 aliphatic carbocycles. The molecular weight excluding hydrogens is 200 g/mol. The van der Waals surface area contributed by atoms with Crippen molar-refractivity contribution in [1.82, 2.24) is 0 Å². The van der Waals surface area contributed by atoms with Gasteiger partial charge in [-0.15, -0.1) is 0 Å². The van der Waals surface area contributed by atoms with E-state index < -0.39 is 0 Å². The number of amidine groups is 1. The highest BCUT2D eigenvalue weighted by atomic mass is 15.2. The second-order valence-electron chi connectivity index (χ2n) is 3.66. The van der Waals surface area contributed by atoms with Gasteiger partial charge >= 0.3 is 0 Å². The van der Waals surface area contributed by atoms with Crippen LogP contribution in [0.3, 0.4) is 0 Å². The van der Waals surface area contributed by atoms with E-state index in [0.29, 0.717) is 17.0 Å². The van der Waals surface area contributed by atoms with Crippen LogP contribution in [0.2, 0.25) is 0 Å². The number of nitriles is 2. The summed E-state index contributed by atoms with van der Waals surface area (Å²) >= 11 is 0. The molecule has 4 nitrogen and oxygen atoms in total. The fourth-order valence-electron chi connectivity index (χ4n) is 1.85. The number of hydrogen-bond acceptors (Lipinski definition) is 3. The first-order valence-corrected chi connectivity index (χ1v) is 5.05. The maximum atomic E-state index is 8.91. The molecule has 0 radical (unpaired) electrons. The van der Waals surface area contributed by atoms with Gasteiger partial charge in [0.1, 0.15) is 18.0 Å². The van der Waals surface area contributed by atoms with Gasteiger partial charge in [0.25, 0.3) is 0 Å². The average Bonchev–Trinajstić information content (AvgIpc) is 2.74. The Kier molecular flexibility index (Phi) is 2.57. The van der Waals surface area contributed by atoms with E-state index in [1.54, 1.807) is 18.2 Å². The number of hydrogen-bond donors (Lipinski definition) is 1. The highest BCUT2D eigenvalue weighted by molar-refractivity contribution is 5.97. The molecule has 4 heteroatoms. The number of benzene rings is 1. The summed E-state index contributed by atoms with van der Waals surface area (Å²) in [4.78, 5) is 1.88. The van der Waals surface area contributed by atoms with E-state index in [1.165, 1.54) is 0 Å². The van der Waals surface area contributed by atoms with Crippen LogP contribution in [0.5, 0.6) is 0 Å². The zero-order chi connectivity index (χ0) is 11.5. The standard InChI is InChI=1S/C12H10N4/c13-7-9-3-4-11(6-10(9)8-14)16-5-1-2-12(16)15/h3-4,6,15H,1-2,5H2. The van der Waals surface area contributed by atoms with E-state index in [9.17, 15) is 0 Å². The van der Waals surface area contributed by atoms with Crippen LogP contribution in [0.1, 0.15) is 24.0 Å². The minimum Gasteiger partial charge on any atom is -0.330 e. The van der Waals surface area contributed by atoms with E-state index in [1.807, 2.05) is 17.0 Å². The maximum absolute atomic E-state index is 8.91. The van der Waals surface area contributed by atoms with Crippen molar-refractivity contribution in [3.63, 3.8) is 0 Å². The fourth-order valence-corrected chi connectivity index (χ4v) is 1.85. The van der Waals surface area contributed by atoms with Crippen molar-refractivity contribution < 1.29 is 0 Å². The van der Waals surface area contributed by atoms with Gasteiger partial charge in [0.2, 0.25) is 0 Å². The number of anilines is 1. The van der Waals surface area contributed by atoms with Crippen molar-refractivity contribution in [1.29, 1.82) is 15.9 Å². The van der Waals surface area contributed by atoms with Crippen molar-refractivity contribution in [3.8, 4) is 12.1 Å². The first-order chi connectivity index (χ1) is 7.76. The Hall–Kier alpha value is -2.33. The third-order valence-corrected chi connectivity index (χ3v) is 2.68. The zero-order valence-electron chi connectivity index (χ0n) is 8.70. The summed E-state index contributed by atoms with van der Waals surface area (Å²) in [5.41, 5.74) is 1.59. The van der Waals surface area contributed by atoms with Gasteiger partial charge in [0.05, 0.1) is 11.1 Å². The van der Waals surface area contributed by atoms with Gasteiger partial charge < -0.3 is 4.90 Å². The molecule has 1 fully saturated rings. The van der Waals surface area contributed by atoms with Gasteiger partial charge in [0, 0.05) is 18.7 Å². The lowest BCUT2D eigenvalue weighted by atomic mass is 10.1. The van der Waals surface area contributed by atoms with E-state index >= 15 is 0 Å². The van der Waals surface area contributed by atoms with Gasteiger partial charge in [0.15, 0.2) is 0 Å². The maximum Gasteiger partial charge on any atom is 0.101 e. The lowest BCUT2D eigenvalue weighted by Crippen LogP contribution is -2.23. The Morgan fingerprint density at radius 3 is 2.50 bits per heavy atom. The summed E-state index contributed by atoms with van der Waals surface area (Å²) in [7, 11) is 0. The van der Waals surface area contributed by atoms with Crippen LogP contribution in [0.4, 0.5) is 5.69 Å². The van der Waals surface area contributed by atoms with E-state index in [4.69, 9.17) is 15.9 Å². The van der Waals surface area contributed by atoms with E-state index in [0.717, 1.165) is 25.1 Å². The number of nitrogens with zero attached hydrogens (tertiary/aromatic N) is 3. The van der Waals surface area contributed by atoms with Crippen LogP contribution >= 0.6 is 0 Å². The zero-order valence-corrected chi connectivity index (χ0v) is 8.70. The smallest absolute Gasteiger partial charge is 0.101 e. The number of nitrogens with one attached hydrogen (secondary N) is 1. The molecule has 2 rings (SSSR count). The summed E-state index contributed by atoms with van der Waals surface area (Å²) in [6, 6.07) is 9.09. The fraction of sp³-hybridized carbons (Fsp3) is 0.250. The summed E-state index contributed by atoms with van der Waals surface area (Å²) in [5, 5.41) is 25.5. The lowest BCUT2D eigenvalue weighted by molar-refractivity contribution is 0.956. The Labute approximate surface area is 93.8 Å². The largest absolute Gasteiger partial charge is 0.330 e. The molecule has 1 aliphatic heterocycles. The van der Waals surface area contributed by atoms with Gasteiger partial charge in [-0.2, -0.15) is 10.5 Å². The Balaban J connectivity index is 2.41. The van der Waals surface area contributed by atoms with Gasteiger partial charge in [-0.3, -0.25) is 5.41 Å². The normalized spacial score (nSPS) is 14.6. The molecule has 1 N–H and O–H groups in total. The van der Waals surface area contributed by atoms with Crippen LogP contribution in [-0.2, 0) is 0 Å². The van der Waals surface area contributed by atoms with Crippen molar-refractivity contribution in [2.75, 3.05) is 11.4 Å². The van der Waals surface area contributed by atoms with Crippen LogP contribution in [-0.4, -0.2) is 12.4 Å². The number of rotatable bonds is 1. The molecule has 0 bridgehead atoms. The predicted molar refractivity (Wildman–Crippen MR) is 60.2 cm³/mol. The van der Waals surface area contributed by atoms with Gasteiger partial charge in [-0.1, -0.05) is 0 Å². The molecule has 1 aromatic rings. The monoisotopic (exact) mass is 210 g/mol. The van der Waals surface area contributed by atoms with E-state index in [2.05, 4.69) is 0 Å². The third kappa shape index (κ3) is 1.62. The van der Waals surface area contributed by atoms with Crippen LogP contribution in [0.25, 0.3) is 0 Å². The molecule has 0 saturated carbocycles. The van der Waals surface area contributed by atoms with Crippen molar-refractivity contribution in [2.45, 2.75) is 12.8 Å². The molecule has 16 heavy (non-hydrogen) atoms. The molecule has 78 valence electrons. The SMILES string of the molecule is N#Cc1ccc(N2CCCC2=N)cc1C#N. The molecule has 0 amide bonds. The molecule has 1 aromatic carbocycles. The second kappa shape index (κ2) is 4.04. The quantitative estimate of drug-likeness (QED) is 0.770. The van der Waals surface area contributed by atoms with Crippen LogP contribution < -0.4 is 4.90 Å². The predicted octanol–water partition coefficient (Wildman–Crippen LogP) is 2.01. The van der Waals surface area contributed by atoms with Crippen LogP contribution in [0, 0.1) is 28.1 Å². The topological polar surface area (TPSA) is 74.7 Å². The van der Waals surface area contributed by atoms with Crippen molar-refractivity contribution in [3.05, 3.63) is 29.3 Å². The minimum atomic E-state index is 0.375. The Morgan fingerprint density at radius 2 is 1.94 bits per heavy atom. The Morgan fingerprint density at radius 1 is 1.19 bits per heavy atom. The molecule has 1 saturated heterocycles. The Bertz CT molecular complexity index is 519. The van der Waals surface area contributed by atoms with Crippen molar-refractivity contribution in [2.24, 2.45) is 0 Å². The second-order valence-corrected chi connectivity index (χ2v) is 3.66. The summed E-state index contributed by atoms with van der Waals surface area (Å²) in [6.45, 7) is 0.815. The van der Waals surface area contributed by atoms with Gasteiger partial charge in [-0.05, 0) is 24.6 Å². The summed E-state index contributed by atoms with van der Waals surface area (Å²) in [6.07, 6.45) is 1.75. The van der Waals surface area contributed by atoms with Crippen LogP contribution in [0.15, 0.2) is 18.2 Å². The molecule has 1 aliphatic rings. The van der Waals surface area contributed by atoms with Gasteiger partial charge in [-0.25, -0.2) is 0 Å². The van der Waals surface area contributed by atoms with E-state index in [-0.39, 0.29) is 0 Å². The first-order valence-electron chi connectivity index (χ1n) is 5.05. The highest BCUT2D eigenvalue weighted by Crippen LogP contribution is 2.23. The molecule has 0 unspecified atom stereocenters. The average molecular weight is 210 g/mol. The molecule has 0 spiro atoms. The lowest BCUT2D eigenvalue weighted by Gasteiger charge is -2.18. The molecule has 0 atom stereocenters. The summed E-state index contributed by atoms with van der Waals surface area (Å²) < 4.78 is 0. The molecular formula is C12H10N4. The first kappa shape index (κ1) is 10.2. The minimum absolute atomic E-state index is 0.375. The van der Waals surface area contributed by atoms with Crippen molar-refractivity contribution >= 4 is 11.5 Å². The molecule has 1 heterocycles. The summed E-state index contributed by atoms with van der Waals surface area (Å²) in [5.74, 6) is 0.577. The third-order valence-electron chi connectivity index (χ3n) is 2.68.